The Hall–Kier alpha value is -2.00. The van der Waals surface area contributed by atoms with E-state index in [1.165, 1.54) is 40.7 Å². The van der Waals surface area contributed by atoms with Crippen molar-refractivity contribution in [1.29, 1.82) is 0 Å². The summed E-state index contributed by atoms with van der Waals surface area (Å²) in [5.41, 5.74) is 0.398. The van der Waals surface area contributed by atoms with Crippen LogP contribution in [0.3, 0.4) is 0 Å². The molecule has 1 saturated heterocycles. The lowest BCUT2D eigenvalue weighted by Crippen LogP contribution is -2.47. The number of nitrogens with zero attached hydrogens (tertiary/aromatic N) is 2. The predicted molar refractivity (Wildman–Crippen MR) is 102 cm³/mol. The van der Waals surface area contributed by atoms with Crippen LogP contribution in [0.5, 0.6) is 0 Å². The minimum atomic E-state index is -3.82. The number of nitrogens with one attached hydrogen (secondary N) is 1. The number of halogens is 2. The van der Waals surface area contributed by atoms with Gasteiger partial charge in [0, 0.05) is 37.4 Å². The van der Waals surface area contributed by atoms with Gasteiger partial charge in [-0.2, -0.15) is 4.31 Å². The number of amides is 1. The Balaban J connectivity index is 1.86. The van der Waals surface area contributed by atoms with Crippen LogP contribution in [-0.4, -0.2) is 56.8 Å². The Bertz CT molecular complexity index is 960. The summed E-state index contributed by atoms with van der Waals surface area (Å²) >= 11 is 6.12. The first-order valence-corrected chi connectivity index (χ1v) is 10.1. The van der Waals surface area contributed by atoms with Crippen LogP contribution >= 0.6 is 11.6 Å². The highest BCUT2D eigenvalue weighted by Crippen LogP contribution is 2.27. The summed E-state index contributed by atoms with van der Waals surface area (Å²) in [6.45, 7) is 1.96. The summed E-state index contributed by atoms with van der Waals surface area (Å²) in [4.78, 5) is 14.4. The molecule has 9 heteroatoms. The molecular weight excluding hydrogens is 393 g/mol. The molecule has 2 aromatic rings. The van der Waals surface area contributed by atoms with Gasteiger partial charge < -0.3 is 10.2 Å². The molecule has 1 fully saturated rings. The average Bonchev–Trinajstić information content (AvgIpc) is 2.62. The molecule has 0 aliphatic carbocycles. The van der Waals surface area contributed by atoms with Gasteiger partial charge in [-0.1, -0.05) is 17.7 Å². The van der Waals surface area contributed by atoms with E-state index in [0.717, 1.165) is 0 Å². The van der Waals surface area contributed by atoms with E-state index in [1.807, 2.05) is 11.9 Å². The molecule has 1 aliphatic heterocycles. The number of hydrogen-bond donors (Lipinski definition) is 1. The molecule has 3 rings (SSSR count). The molecule has 0 saturated carbocycles. The van der Waals surface area contributed by atoms with Gasteiger partial charge in [0.05, 0.1) is 5.02 Å². The number of hydrogen-bond acceptors (Lipinski definition) is 4. The first-order valence-electron chi connectivity index (χ1n) is 8.32. The van der Waals surface area contributed by atoms with E-state index < -0.39 is 21.7 Å². The van der Waals surface area contributed by atoms with E-state index in [9.17, 15) is 17.6 Å². The highest BCUT2D eigenvalue weighted by molar-refractivity contribution is 7.89. The van der Waals surface area contributed by atoms with Crippen LogP contribution in [0.15, 0.2) is 47.4 Å². The minimum Gasteiger partial charge on any atom is -0.322 e. The van der Waals surface area contributed by atoms with Gasteiger partial charge in [0.1, 0.15) is 10.7 Å². The minimum absolute atomic E-state index is 0.0521. The molecule has 2 aromatic carbocycles. The van der Waals surface area contributed by atoms with E-state index in [0.29, 0.717) is 26.2 Å². The van der Waals surface area contributed by atoms with Gasteiger partial charge in [0.15, 0.2) is 0 Å². The topological polar surface area (TPSA) is 69.7 Å². The van der Waals surface area contributed by atoms with Crippen molar-refractivity contribution in [2.24, 2.45) is 0 Å². The quantitative estimate of drug-likeness (QED) is 0.839. The molecule has 1 aliphatic rings. The lowest BCUT2D eigenvalue weighted by molar-refractivity contribution is 0.102. The highest BCUT2D eigenvalue weighted by Gasteiger charge is 2.30. The molecule has 0 radical (unpaired) electrons. The number of benzene rings is 2. The number of carbonyl (C=O) groups is 1. The predicted octanol–water partition coefficient (Wildman–Crippen LogP) is 2.67. The summed E-state index contributed by atoms with van der Waals surface area (Å²) in [6.07, 6.45) is 0. The molecule has 27 heavy (non-hydrogen) atoms. The number of sulfonamides is 1. The maximum atomic E-state index is 13.3. The van der Waals surface area contributed by atoms with Crippen molar-refractivity contribution in [3.63, 3.8) is 0 Å². The van der Waals surface area contributed by atoms with Gasteiger partial charge in [0.25, 0.3) is 5.91 Å². The summed E-state index contributed by atoms with van der Waals surface area (Å²) in [5, 5.41) is 2.60. The van der Waals surface area contributed by atoms with Crippen LogP contribution in [0.25, 0.3) is 0 Å². The Labute approximate surface area is 162 Å². The van der Waals surface area contributed by atoms with Crippen LogP contribution in [0.4, 0.5) is 10.1 Å². The number of piperazine rings is 1. The summed E-state index contributed by atoms with van der Waals surface area (Å²) in [5.74, 6) is -1.03. The molecule has 0 aromatic heterocycles. The molecule has 0 bridgehead atoms. The van der Waals surface area contributed by atoms with Crippen molar-refractivity contribution in [3.05, 3.63) is 58.9 Å². The van der Waals surface area contributed by atoms with Crippen LogP contribution < -0.4 is 5.32 Å². The number of carbonyl (C=O) groups excluding carboxylic acids is 1. The average molecular weight is 412 g/mol. The summed E-state index contributed by atoms with van der Waals surface area (Å²) in [6, 6.07) is 9.51. The van der Waals surface area contributed by atoms with Crippen molar-refractivity contribution in [2.75, 3.05) is 38.5 Å². The van der Waals surface area contributed by atoms with Crippen molar-refractivity contribution in [1.82, 2.24) is 9.21 Å². The third-order valence-corrected chi connectivity index (χ3v) is 6.74. The zero-order valence-corrected chi connectivity index (χ0v) is 16.2. The van der Waals surface area contributed by atoms with E-state index in [1.54, 1.807) is 6.07 Å². The van der Waals surface area contributed by atoms with Crippen LogP contribution in [-0.2, 0) is 10.0 Å². The Kier molecular flexibility index (Phi) is 5.81. The van der Waals surface area contributed by atoms with Crippen LogP contribution in [0, 0.1) is 5.82 Å². The summed E-state index contributed by atoms with van der Waals surface area (Å²) in [7, 11) is -1.89. The van der Waals surface area contributed by atoms with Gasteiger partial charge in [0.2, 0.25) is 10.0 Å². The second-order valence-electron chi connectivity index (χ2n) is 6.32. The molecule has 1 N–H and O–H groups in total. The third kappa shape index (κ3) is 4.47. The smallest absolute Gasteiger partial charge is 0.255 e. The fraction of sp³-hybridized carbons (Fsp3) is 0.278. The summed E-state index contributed by atoms with van der Waals surface area (Å²) < 4.78 is 40.5. The fourth-order valence-corrected chi connectivity index (χ4v) is 4.70. The van der Waals surface area contributed by atoms with Crippen molar-refractivity contribution in [3.8, 4) is 0 Å². The Morgan fingerprint density at radius 2 is 1.81 bits per heavy atom. The molecule has 144 valence electrons. The third-order valence-electron chi connectivity index (χ3n) is 4.36. The van der Waals surface area contributed by atoms with Crippen molar-refractivity contribution in [2.45, 2.75) is 4.90 Å². The van der Waals surface area contributed by atoms with Gasteiger partial charge >= 0.3 is 0 Å². The monoisotopic (exact) mass is 411 g/mol. The molecule has 0 spiro atoms. The maximum absolute atomic E-state index is 13.3. The highest BCUT2D eigenvalue weighted by atomic mass is 35.5. The van der Waals surface area contributed by atoms with Crippen LogP contribution in [0.1, 0.15) is 10.4 Å². The zero-order valence-electron chi connectivity index (χ0n) is 14.7. The van der Waals surface area contributed by atoms with E-state index in [-0.39, 0.29) is 21.2 Å². The zero-order chi connectivity index (χ0) is 19.6. The lowest BCUT2D eigenvalue weighted by Gasteiger charge is -2.31. The molecule has 6 nitrogen and oxygen atoms in total. The van der Waals surface area contributed by atoms with E-state index in [4.69, 9.17) is 11.6 Å². The second-order valence-corrected chi connectivity index (χ2v) is 8.63. The van der Waals surface area contributed by atoms with E-state index in [2.05, 4.69) is 5.32 Å². The van der Waals surface area contributed by atoms with Crippen molar-refractivity contribution >= 4 is 33.2 Å². The SMILES string of the molecule is CN1CCN(S(=O)(=O)c2cc(C(=O)Nc3cccc(F)c3)ccc2Cl)CC1. The molecule has 1 heterocycles. The lowest BCUT2D eigenvalue weighted by atomic mass is 10.2. The Morgan fingerprint density at radius 3 is 2.48 bits per heavy atom. The molecule has 0 atom stereocenters. The largest absolute Gasteiger partial charge is 0.322 e. The first-order chi connectivity index (χ1) is 12.8. The van der Waals surface area contributed by atoms with Crippen molar-refractivity contribution < 1.29 is 17.6 Å². The second kappa shape index (κ2) is 7.93. The fourth-order valence-electron chi connectivity index (χ4n) is 2.78. The number of likely N-dealkylation sites (N-methyl/N-ethyl adjacent to an activating group) is 1. The molecular formula is C18H19ClFN3O3S. The van der Waals surface area contributed by atoms with Gasteiger partial charge in [-0.3, -0.25) is 4.79 Å². The van der Waals surface area contributed by atoms with E-state index >= 15 is 0 Å². The molecule has 0 unspecified atom stereocenters. The number of rotatable bonds is 4. The number of anilines is 1. The van der Waals surface area contributed by atoms with Crippen LogP contribution in [0.2, 0.25) is 5.02 Å². The standard InChI is InChI=1S/C18H19ClFN3O3S/c1-22-7-9-23(10-8-22)27(25,26)17-11-13(5-6-16(17)19)18(24)21-15-4-2-3-14(20)12-15/h2-6,11-12H,7-10H2,1H3,(H,21,24). The van der Waals surface area contributed by atoms with Gasteiger partial charge in [-0.15, -0.1) is 0 Å². The maximum Gasteiger partial charge on any atom is 0.255 e. The molecule has 1 amide bonds. The first kappa shape index (κ1) is 19.8. The normalized spacial score (nSPS) is 16.3. The van der Waals surface area contributed by atoms with Gasteiger partial charge in [-0.05, 0) is 43.4 Å². The van der Waals surface area contributed by atoms with Gasteiger partial charge in [-0.25, -0.2) is 12.8 Å². The Morgan fingerprint density at radius 1 is 1.11 bits per heavy atom.